The highest BCUT2D eigenvalue weighted by Crippen LogP contribution is 2.23. The normalized spacial score (nSPS) is 16.9. The Balaban J connectivity index is 1.64. The number of amides is 1. The van der Waals surface area contributed by atoms with Crippen LogP contribution in [0.2, 0.25) is 25.7 Å². The lowest BCUT2D eigenvalue weighted by Crippen LogP contribution is -2.25. The van der Waals surface area contributed by atoms with Crippen molar-refractivity contribution in [2.75, 3.05) is 24.7 Å². The van der Waals surface area contributed by atoms with E-state index in [0.29, 0.717) is 30.2 Å². The topological polar surface area (TPSA) is 91.9 Å². The van der Waals surface area contributed by atoms with Gasteiger partial charge in [0.05, 0.1) is 25.5 Å². The fourth-order valence-corrected chi connectivity index (χ4v) is 3.82. The summed E-state index contributed by atoms with van der Waals surface area (Å²) in [5, 5.41) is 9.15. The molecule has 0 spiro atoms. The van der Waals surface area contributed by atoms with E-state index >= 15 is 0 Å². The van der Waals surface area contributed by atoms with E-state index in [0.717, 1.165) is 11.6 Å². The number of aromatic nitrogens is 1. The molecular weight excluding hydrogens is 388 g/mol. The molecule has 0 bridgehead atoms. The third-order valence-corrected chi connectivity index (χ3v) is 6.54. The van der Waals surface area contributed by atoms with E-state index in [1.807, 2.05) is 6.07 Å². The number of aliphatic hydroxyl groups excluding tert-OH is 1. The zero-order valence-electron chi connectivity index (χ0n) is 17.1. The number of H-pyrrole nitrogens is 1. The number of nitrogens with zero attached hydrogens (tertiary/aromatic N) is 1. The van der Waals surface area contributed by atoms with E-state index in [2.05, 4.69) is 24.6 Å². The smallest absolute Gasteiger partial charge is 0.414 e. The van der Waals surface area contributed by atoms with E-state index in [1.165, 1.54) is 4.90 Å². The molecule has 1 aliphatic rings. The summed E-state index contributed by atoms with van der Waals surface area (Å²) in [6.07, 6.45) is 0.727. The van der Waals surface area contributed by atoms with E-state index in [9.17, 15) is 9.59 Å². The summed E-state index contributed by atoms with van der Waals surface area (Å²) in [5.41, 5.74) is 2.50. The van der Waals surface area contributed by atoms with Crippen LogP contribution in [-0.4, -0.2) is 55.9 Å². The number of aromatic amines is 1. The number of hydrogen-bond donors (Lipinski definition) is 2. The minimum atomic E-state index is -1.15. The highest BCUT2D eigenvalue weighted by molar-refractivity contribution is 6.76. The number of anilines is 1. The van der Waals surface area contributed by atoms with Gasteiger partial charge in [-0.1, -0.05) is 19.6 Å². The number of carbonyl (C=O) groups is 2. The summed E-state index contributed by atoms with van der Waals surface area (Å²) in [7, 11) is -1.15. The molecule has 3 rings (SSSR count). The van der Waals surface area contributed by atoms with Gasteiger partial charge in [-0.05, 0) is 36.4 Å². The minimum Gasteiger partial charge on any atom is -0.441 e. The van der Waals surface area contributed by atoms with Crippen LogP contribution in [0.3, 0.4) is 0 Å². The first kappa shape index (κ1) is 21.3. The summed E-state index contributed by atoms with van der Waals surface area (Å²) in [6.45, 7) is 8.08. The van der Waals surface area contributed by atoms with Gasteiger partial charge in [-0.25, -0.2) is 4.79 Å². The molecule has 2 heterocycles. The Kier molecular flexibility index (Phi) is 6.56. The Morgan fingerprint density at radius 2 is 2.00 bits per heavy atom. The largest absolute Gasteiger partial charge is 0.441 e. The van der Waals surface area contributed by atoms with Crippen LogP contribution in [0.5, 0.6) is 0 Å². The summed E-state index contributed by atoms with van der Waals surface area (Å²) in [4.78, 5) is 29.3. The van der Waals surface area contributed by atoms with E-state index in [-0.39, 0.29) is 18.9 Å². The fourth-order valence-electron chi connectivity index (χ4n) is 3.06. The predicted octanol–water partition coefficient (Wildman–Crippen LogP) is 3.42. The van der Waals surface area contributed by atoms with Crippen LogP contribution in [0, 0.1) is 0 Å². The van der Waals surface area contributed by atoms with Gasteiger partial charge in [-0.2, -0.15) is 0 Å². The molecule has 1 aromatic carbocycles. The second-order valence-electron chi connectivity index (χ2n) is 8.42. The maximum absolute atomic E-state index is 12.9. The van der Waals surface area contributed by atoms with Gasteiger partial charge in [-0.3, -0.25) is 9.69 Å². The van der Waals surface area contributed by atoms with Crippen LogP contribution in [0.1, 0.15) is 21.6 Å². The SMILES string of the molecule is C[Si](C)(C)CCOCc1cc[nH]c1C(=O)c1ccc(N2C[C@H](CO)OC2=O)cc1. The Morgan fingerprint density at radius 1 is 1.28 bits per heavy atom. The molecule has 1 fully saturated rings. The summed E-state index contributed by atoms with van der Waals surface area (Å²) in [6, 6.07) is 9.74. The summed E-state index contributed by atoms with van der Waals surface area (Å²) in [5.74, 6) is -0.123. The molecule has 1 aromatic heterocycles. The second kappa shape index (κ2) is 8.94. The number of rotatable bonds is 9. The first-order chi connectivity index (χ1) is 13.8. The Hall–Kier alpha value is -2.42. The molecule has 1 saturated heterocycles. The third kappa shape index (κ3) is 5.34. The van der Waals surface area contributed by atoms with Crippen LogP contribution < -0.4 is 4.90 Å². The molecule has 29 heavy (non-hydrogen) atoms. The number of cyclic esters (lactones) is 1. The molecule has 1 amide bonds. The van der Waals surface area contributed by atoms with Gasteiger partial charge in [0.1, 0.15) is 6.10 Å². The van der Waals surface area contributed by atoms with Gasteiger partial charge in [0.2, 0.25) is 5.78 Å². The monoisotopic (exact) mass is 416 g/mol. The third-order valence-electron chi connectivity index (χ3n) is 4.83. The number of hydrogen-bond acceptors (Lipinski definition) is 5. The standard InChI is InChI=1S/C21H28N2O5Si/c1-29(2,3)11-10-27-14-16-8-9-22-19(16)20(25)15-4-6-17(7-5-15)23-12-18(13-24)28-21(23)26/h4-9,18,22,24H,10-14H2,1-3H3/t18-/m1/s1. The average molecular weight is 417 g/mol. The highest BCUT2D eigenvalue weighted by atomic mass is 28.3. The first-order valence-corrected chi connectivity index (χ1v) is 13.5. The van der Waals surface area contributed by atoms with Crippen LogP contribution in [0.15, 0.2) is 36.5 Å². The van der Waals surface area contributed by atoms with E-state index in [4.69, 9.17) is 14.6 Å². The number of nitrogens with one attached hydrogen (secondary N) is 1. The Labute approximate surface area is 171 Å². The number of ether oxygens (including phenoxy) is 2. The van der Waals surface area contributed by atoms with Crippen LogP contribution in [0.4, 0.5) is 10.5 Å². The lowest BCUT2D eigenvalue weighted by Gasteiger charge is -2.15. The van der Waals surface area contributed by atoms with Crippen molar-refractivity contribution in [3.05, 3.63) is 53.3 Å². The van der Waals surface area contributed by atoms with Crippen molar-refractivity contribution >= 4 is 25.6 Å². The zero-order valence-corrected chi connectivity index (χ0v) is 18.1. The highest BCUT2D eigenvalue weighted by Gasteiger charge is 2.31. The van der Waals surface area contributed by atoms with Gasteiger partial charge in [0.15, 0.2) is 0 Å². The van der Waals surface area contributed by atoms with Crippen molar-refractivity contribution in [1.29, 1.82) is 0 Å². The molecular formula is C21H28N2O5Si. The molecule has 0 radical (unpaired) electrons. The molecule has 156 valence electrons. The maximum Gasteiger partial charge on any atom is 0.414 e. The second-order valence-corrected chi connectivity index (χ2v) is 14.0. The molecule has 2 N–H and O–H groups in total. The summed E-state index contributed by atoms with van der Waals surface area (Å²) >= 11 is 0. The van der Waals surface area contributed by atoms with Crippen molar-refractivity contribution < 1.29 is 24.2 Å². The van der Waals surface area contributed by atoms with E-state index < -0.39 is 20.3 Å². The van der Waals surface area contributed by atoms with Gasteiger partial charge >= 0.3 is 6.09 Å². The first-order valence-electron chi connectivity index (χ1n) is 9.76. The van der Waals surface area contributed by atoms with Gasteiger partial charge < -0.3 is 19.6 Å². The quantitative estimate of drug-likeness (QED) is 0.371. The van der Waals surface area contributed by atoms with Gasteiger partial charge in [-0.15, -0.1) is 0 Å². The molecule has 0 unspecified atom stereocenters. The molecule has 1 atom stereocenters. The molecule has 0 aliphatic carbocycles. The predicted molar refractivity (Wildman–Crippen MR) is 113 cm³/mol. The van der Waals surface area contributed by atoms with Crippen LogP contribution in [0.25, 0.3) is 0 Å². The van der Waals surface area contributed by atoms with E-state index in [1.54, 1.807) is 30.5 Å². The average Bonchev–Trinajstić information content (AvgIpc) is 3.30. The fraction of sp³-hybridized carbons (Fsp3) is 0.429. The molecule has 1 aliphatic heterocycles. The lowest BCUT2D eigenvalue weighted by atomic mass is 10.1. The number of carbonyl (C=O) groups excluding carboxylic acids is 2. The molecule has 7 nitrogen and oxygen atoms in total. The van der Waals surface area contributed by atoms with Crippen LogP contribution >= 0.6 is 0 Å². The molecule has 2 aromatic rings. The zero-order chi connectivity index (χ0) is 21.0. The lowest BCUT2D eigenvalue weighted by molar-refractivity contribution is 0.0963. The maximum atomic E-state index is 12.9. The number of ketones is 1. The van der Waals surface area contributed by atoms with Crippen molar-refractivity contribution in [3.8, 4) is 0 Å². The van der Waals surface area contributed by atoms with Crippen molar-refractivity contribution in [3.63, 3.8) is 0 Å². The summed E-state index contributed by atoms with van der Waals surface area (Å²) < 4.78 is 10.8. The number of benzene rings is 1. The van der Waals surface area contributed by atoms with Crippen LogP contribution in [-0.2, 0) is 16.1 Å². The molecule has 0 saturated carbocycles. The minimum absolute atomic E-state index is 0.123. The van der Waals surface area contributed by atoms with Crippen molar-refractivity contribution in [1.82, 2.24) is 4.98 Å². The Morgan fingerprint density at radius 3 is 2.62 bits per heavy atom. The molecule has 8 heteroatoms. The van der Waals surface area contributed by atoms with Crippen molar-refractivity contribution in [2.24, 2.45) is 0 Å². The van der Waals surface area contributed by atoms with Crippen molar-refractivity contribution in [2.45, 2.75) is 38.4 Å². The Bertz CT molecular complexity index is 857. The van der Waals surface area contributed by atoms with Gasteiger partial charge in [0, 0.05) is 37.7 Å². The van der Waals surface area contributed by atoms with Gasteiger partial charge in [0.25, 0.3) is 0 Å². The number of aliphatic hydroxyl groups is 1.